The quantitative estimate of drug-likeness (QED) is 0.855. The zero-order valence-corrected chi connectivity index (χ0v) is 12.9. The first-order valence-corrected chi connectivity index (χ1v) is 6.50. The number of nitrogens with one attached hydrogen (secondary N) is 1. The highest BCUT2D eigenvalue weighted by atomic mass is 19.4. The predicted octanol–water partition coefficient (Wildman–Crippen LogP) is 1.45. The number of rotatable bonds is 6. The highest BCUT2D eigenvalue weighted by Gasteiger charge is 2.28. The average molecular weight is 334 g/mol. The van der Waals surface area contributed by atoms with Crippen LogP contribution in [0.3, 0.4) is 0 Å². The number of ether oxygens (including phenoxy) is 2. The molecule has 0 aliphatic heterocycles. The van der Waals surface area contributed by atoms with Gasteiger partial charge in [0.2, 0.25) is 0 Å². The van der Waals surface area contributed by atoms with Gasteiger partial charge in [-0.2, -0.15) is 13.2 Å². The van der Waals surface area contributed by atoms with E-state index in [1.165, 1.54) is 38.2 Å². The van der Waals surface area contributed by atoms with Gasteiger partial charge in [0, 0.05) is 14.1 Å². The van der Waals surface area contributed by atoms with E-state index in [4.69, 9.17) is 9.47 Å². The third-order valence-electron chi connectivity index (χ3n) is 2.67. The molecule has 0 radical (unpaired) electrons. The Balaban J connectivity index is 2.86. The van der Waals surface area contributed by atoms with Gasteiger partial charge in [-0.25, -0.2) is 0 Å². The third kappa shape index (κ3) is 5.68. The third-order valence-corrected chi connectivity index (χ3v) is 2.67. The first-order chi connectivity index (χ1) is 10.7. The minimum Gasteiger partial charge on any atom is -0.493 e. The van der Waals surface area contributed by atoms with Gasteiger partial charge in [0.15, 0.2) is 18.1 Å². The van der Waals surface area contributed by atoms with E-state index in [-0.39, 0.29) is 17.1 Å². The number of benzene rings is 1. The minimum atomic E-state index is -4.51. The Morgan fingerprint density at radius 2 is 1.91 bits per heavy atom. The van der Waals surface area contributed by atoms with Gasteiger partial charge >= 0.3 is 6.18 Å². The van der Waals surface area contributed by atoms with Crippen molar-refractivity contribution in [3.05, 3.63) is 23.8 Å². The molecule has 0 bridgehead atoms. The average Bonchev–Trinajstić information content (AvgIpc) is 2.48. The van der Waals surface area contributed by atoms with Crippen LogP contribution in [0, 0.1) is 0 Å². The van der Waals surface area contributed by atoms with E-state index in [9.17, 15) is 22.8 Å². The normalized spacial score (nSPS) is 10.9. The summed E-state index contributed by atoms with van der Waals surface area (Å²) >= 11 is 0. The van der Waals surface area contributed by atoms with Gasteiger partial charge in [-0.1, -0.05) is 6.07 Å². The van der Waals surface area contributed by atoms with Crippen LogP contribution in [0.15, 0.2) is 18.2 Å². The van der Waals surface area contributed by atoms with Gasteiger partial charge in [0.1, 0.15) is 6.54 Å². The van der Waals surface area contributed by atoms with Crippen molar-refractivity contribution in [1.29, 1.82) is 0 Å². The lowest BCUT2D eigenvalue weighted by Gasteiger charge is -2.17. The van der Waals surface area contributed by atoms with Crippen LogP contribution >= 0.6 is 0 Å². The maximum absolute atomic E-state index is 12.1. The topological polar surface area (TPSA) is 67.9 Å². The summed E-state index contributed by atoms with van der Waals surface area (Å²) in [5.74, 6) is -1.16. The molecule has 0 aliphatic carbocycles. The molecule has 0 fully saturated rings. The first-order valence-electron chi connectivity index (χ1n) is 6.50. The van der Waals surface area contributed by atoms with Crippen molar-refractivity contribution in [1.82, 2.24) is 10.2 Å². The molecule has 0 saturated heterocycles. The summed E-state index contributed by atoms with van der Waals surface area (Å²) in [6.45, 7) is -2.13. The van der Waals surface area contributed by atoms with Crippen molar-refractivity contribution in [2.24, 2.45) is 0 Å². The molecular formula is C14H17F3N2O4. The molecule has 1 rings (SSSR count). The summed E-state index contributed by atoms with van der Waals surface area (Å²) in [7, 11) is 4.40. The number of para-hydroxylation sites is 1. The van der Waals surface area contributed by atoms with Crippen molar-refractivity contribution >= 4 is 11.8 Å². The second kappa shape index (κ2) is 7.70. The van der Waals surface area contributed by atoms with Gasteiger partial charge in [-0.15, -0.1) is 0 Å². The molecular weight excluding hydrogens is 317 g/mol. The minimum absolute atomic E-state index is 0.00383. The predicted molar refractivity (Wildman–Crippen MR) is 75.6 cm³/mol. The fourth-order valence-corrected chi connectivity index (χ4v) is 1.62. The second-order valence-corrected chi connectivity index (χ2v) is 4.72. The Morgan fingerprint density at radius 3 is 2.43 bits per heavy atom. The van der Waals surface area contributed by atoms with Crippen LogP contribution in [0.5, 0.6) is 11.5 Å². The summed E-state index contributed by atoms with van der Waals surface area (Å²) in [5, 5.41) is 1.68. The number of methoxy groups -OCH3 is 1. The number of nitrogens with zero attached hydrogens (tertiary/aromatic N) is 1. The number of halogens is 3. The van der Waals surface area contributed by atoms with Gasteiger partial charge < -0.3 is 19.7 Å². The van der Waals surface area contributed by atoms with Gasteiger partial charge in [-0.3, -0.25) is 9.59 Å². The summed E-state index contributed by atoms with van der Waals surface area (Å²) in [5.41, 5.74) is 0.137. The fourth-order valence-electron chi connectivity index (χ4n) is 1.62. The van der Waals surface area contributed by atoms with Crippen molar-refractivity contribution in [2.45, 2.75) is 6.18 Å². The van der Waals surface area contributed by atoms with E-state index < -0.39 is 31.1 Å². The maximum atomic E-state index is 12.1. The summed E-state index contributed by atoms with van der Waals surface area (Å²) < 4.78 is 46.4. The lowest BCUT2D eigenvalue weighted by molar-refractivity contribution is -0.139. The molecule has 0 heterocycles. The van der Waals surface area contributed by atoms with Crippen LogP contribution in [0.2, 0.25) is 0 Å². The number of hydrogen-bond acceptors (Lipinski definition) is 4. The Kier molecular flexibility index (Phi) is 6.23. The second-order valence-electron chi connectivity index (χ2n) is 4.72. The van der Waals surface area contributed by atoms with Crippen LogP contribution in [-0.2, 0) is 4.79 Å². The molecule has 0 aromatic heterocycles. The van der Waals surface area contributed by atoms with Gasteiger partial charge in [0.05, 0.1) is 12.7 Å². The van der Waals surface area contributed by atoms with Gasteiger partial charge in [0.25, 0.3) is 11.8 Å². The number of alkyl halides is 3. The first kappa shape index (κ1) is 18.6. The number of hydrogen-bond donors (Lipinski definition) is 1. The SMILES string of the molecule is COc1cccc(C(=O)N(C)C)c1OCC(=O)NCC(F)(F)F. The highest BCUT2D eigenvalue weighted by Crippen LogP contribution is 2.31. The molecule has 6 nitrogen and oxygen atoms in total. The van der Waals surface area contributed by atoms with E-state index in [1.54, 1.807) is 11.4 Å². The molecule has 0 aliphatic rings. The molecule has 1 N–H and O–H groups in total. The van der Waals surface area contributed by atoms with Crippen LogP contribution in [0.1, 0.15) is 10.4 Å². The van der Waals surface area contributed by atoms with E-state index in [1.807, 2.05) is 0 Å². The van der Waals surface area contributed by atoms with Crippen molar-refractivity contribution in [3.63, 3.8) is 0 Å². The van der Waals surface area contributed by atoms with E-state index >= 15 is 0 Å². The fraction of sp³-hybridized carbons (Fsp3) is 0.429. The molecule has 9 heteroatoms. The molecule has 23 heavy (non-hydrogen) atoms. The Hall–Kier alpha value is -2.45. The molecule has 128 valence electrons. The Morgan fingerprint density at radius 1 is 1.26 bits per heavy atom. The Bertz CT molecular complexity index is 574. The van der Waals surface area contributed by atoms with Crippen LogP contribution in [0.4, 0.5) is 13.2 Å². The number of carbonyl (C=O) groups excluding carboxylic acids is 2. The number of carbonyl (C=O) groups is 2. The van der Waals surface area contributed by atoms with Gasteiger partial charge in [-0.05, 0) is 12.1 Å². The van der Waals surface area contributed by atoms with Crippen LogP contribution < -0.4 is 14.8 Å². The standard InChI is InChI=1S/C14H17F3N2O4/c1-19(2)13(21)9-5-4-6-10(22-3)12(9)23-7-11(20)18-8-14(15,16)17/h4-6H,7-8H2,1-3H3,(H,18,20). The Labute approximate surface area is 131 Å². The largest absolute Gasteiger partial charge is 0.493 e. The van der Waals surface area contributed by atoms with E-state index in [2.05, 4.69) is 0 Å². The van der Waals surface area contributed by atoms with E-state index in [0.29, 0.717) is 0 Å². The lowest BCUT2D eigenvalue weighted by Crippen LogP contribution is -2.36. The zero-order valence-electron chi connectivity index (χ0n) is 12.9. The molecule has 0 unspecified atom stereocenters. The maximum Gasteiger partial charge on any atom is 0.405 e. The molecule has 0 saturated carbocycles. The summed E-state index contributed by atoms with van der Waals surface area (Å²) in [6.07, 6.45) is -4.51. The molecule has 1 aromatic rings. The summed E-state index contributed by atoms with van der Waals surface area (Å²) in [6, 6.07) is 4.54. The molecule has 2 amide bonds. The zero-order chi connectivity index (χ0) is 17.6. The van der Waals surface area contributed by atoms with E-state index in [0.717, 1.165) is 0 Å². The van der Waals surface area contributed by atoms with Crippen LogP contribution in [0.25, 0.3) is 0 Å². The molecule has 1 aromatic carbocycles. The lowest BCUT2D eigenvalue weighted by atomic mass is 10.1. The monoisotopic (exact) mass is 334 g/mol. The molecule has 0 atom stereocenters. The van der Waals surface area contributed by atoms with Crippen molar-refractivity contribution in [2.75, 3.05) is 34.4 Å². The smallest absolute Gasteiger partial charge is 0.405 e. The summed E-state index contributed by atoms with van der Waals surface area (Å²) in [4.78, 5) is 24.8. The van der Waals surface area contributed by atoms with Crippen LogP contribution in [-0.4, -0.2) is 57.2 Å². The van der Waals surface area contributed by atoms with Crippen molar-refractivity contribution in [3.8, 4) is 11.5 Å². The number of amides is 2. The molecule has 0 spiro atoms. The highest BCUT2D eigenvalue weighted by molar-refractivity contribution is 5.97. The van der Waals surface area contributed by atoms with Crippen molar-refractivity contribution < 1.29 is 32.2 Å².